The summed E-state index contributed by atoms with van der Waals surface area (Å²) in [5.41, 5.74) is 2.30. The van der Waals surface area contributed by atoms with Crippen molar-refractivity contribution in [2.24, 2.45) is 0 Å². The van der Waals surface area contributed by atoms with Gasteiger partial charge in [0.1, 0.15) is 0 Å². The zero-order valence-corrected chi connectivity index (χ0v) is 12.8. The Balaban J connectivity index is 1.71. The SMILES string of the molecule is CC(=O)N1CCN(c2cc(Cl)cc3[nH]ccc23)CC12CC2. The molecular weight excluding hydrogens is 286 g/mol. The Morgan fingerprint density at radius 1 is 1.33 bits per heavy atom. The summed E-state index contributed by atoms with van der Waals surface area (Å²) in [5.74, 6) is 0.199. The number of hydrogen-bond acceptors (Lipinski definition) is 2. The van der Waals surface area contributed by atoms with Gasteiger partial charge in [0.2, 0.25) is 5.91 Å². The first kappa shape index (κ1) is 13.0. The Hall–Kier alpha value is -1.68. The van der Waals surface area contributed by atoms with Crippen molar-refractivity contribution in [1.82, 2.24) is 9.88 Å². The number of halogens is 1. The van der Waals surface area contributed by atoms with Crippen molar-refractivity contribution < 1.29 is 4.79 Å². The molecule has 0 bridgehead atoms. The molecule has 1 saturated carbocycles. The number of piperazine rings is 1. The van der Waals surface area contributed by atoms with Gasteiger partial charge in [-0.15, -0.1) is 0 Å². The van der Waals surface area contributed by atoms with Gasteiger partial charge in [-0.1, -0.05) is 11.6 Å². The summed E-state index contributed by atoms with van der Waals surface area (Å²) in [7, 11) is 0. The molecule has 1 aromatic carbocycles. The van der Waals surface area contributed by atoms with Crippen LogP contribution in [-0.4, -0.2) is 41.0 Å². The molecule has 1 saturated heterocycles. The van der Waals surface area contributed by atoms with Crippen LogP contribution >= 0.6 is 11.6 Å². The fraction of sp³-hybridized carbons (Fsp3) is 0.438. The number of rotatable bonds is 1. The second-order valence-electron chi connectivity index (χ2n) is 6.18. The van der Waals surface area contributed by atoms with Crippen molar-refractivity contribution in [3.63, 3.8) is 0 Å². The minimum atomic E-state index is 0.0645. The van der Waals surface area contributed by atoms with E-state index >= 15 is 0 Å². The molecule has 2 aliphatic rings. The van der Waals surface area contributed by atoms with Crippen LogP contribution in [0.5, 0.6) is 0 Å². The highest BCUT2D eigenvalue weighted by molar-refractivity contribution is 6.31. The number of nitrogens with one attached hydrogen (secondary N) is 1. The van der Waals surface area contributed by atoms with Gasteiger partial charge in [-0.3, -0.25) is 4.79 Å². The van der Waals surface area contributed by atoms with E-state index in [1.807, 2.05) is 18.3 Å². The number of aromatic nitrogens is 1. The van der Waals surface area contributed by atoms with Crippen molar-refractivity contribution in [3.8, 4) is 0 Å². The first-order valence-electron chi connectivity index (χ1n) is 7.39. The maximum Gasteiger partial charge on any atom is 0.220 e. The molecule has 0 atom stereocenters. The van der Waals surface area contributed by atoms with Gasteiger partial charge in [0.15, 0.2) is 0 Å². The number of fused-ring (bicyclic) bond motifs is 1. The van der Waals surface area contributed by atoms with E-state index in [1.54, 1.807) is 6.92 Å². The second kappa shape index (κ2) is 4.41. The maximum absolute atomic E-state index is 11.8. The lowest BCUT2D eigenvalue weighted by molar-refractivity contribution is -0.132. The molecule has 5 heteroatoms. The number of aromatic amines is 1. The first-order chi connectivity index (χ1) is 10.1. The van der Waals surface area contributed by atoms with E-state index in [0.29, 0.717) is 0 Å². The van der Waals surface area contributed by atoms with Gasteiger partial charge in [0.05, 0.1) is 5.54 Å². The Kier molecular flexibility index (Phi) is 2.73. The van der Waals surface area contributed by atoms with Crippen LogP contribution in [-0.2, 0) is 4.79 Å². The zero-order valence-electron chi connectivity index (χ0n) is 12.0. The van der Waals surface area contributed by atoms with Crippen molar-refractivity contribution in [2.45, 2.75) is 25.3 Å². The average Bonchev–Trinajstić information content (AvgIpc) is 3.03. The quantitative estimate of drug-likeness (QED) is 0.879. The molecule has 1 N–H and O–H groups in total. The Labute approximate surface area is 128 Å². The molecule has 110 valence electrons. The number of nitrogens with zero attached hydrogens (tertiary/aromatic N) is 2. The summed E-state index contributed by atoms with van der Waals surface area (Å²) >= 11 is 6.25. The van der Waals surface area contributed by atoms with Crippen LogP contribution in [0.25, 0.3) is 10.9 Å². The third kappa shape index (κ3) is 2.01. The van der Waals surface area contributed by atoms with Gasteiger partial charge in [0, 0.05) is 54.4 Å². The van der Waals surface area contributed by atoms with E-state index < -0.39 is 0 Å². The number of carbonyl (C=O) groups excluding carboxylic acids is 1. The number of carbonyl (C=O) groups is 1. The van der Waals surface area contributed by atoms with Gasteiger partial charge >= 0.3 is 0 Å². The summed E-state index contributed by atoms with van der Waals surface area (Å²) < 4.78 is 0. The summed E-state index contributed by atoms with van der Waals surface area (Å²) in [6.45, 7) is 4.25. The minimum Gasteiger partial charge on any atom is -0.367 e. The highest BCUT2D eigenvalue weighted by atomic mass is 35.5. The zero-order chi connectivity index (χ0) is 14.6. The van der Waals surface area contributed by atoms with E-state index in [1.165, 1.54) is 11.1 Å². The van der Waals surface area contributed by atoms with E-state index in [2.05, 4.69) is 20.9 Å². The molecule has 4 nitrogen and oxygen atoms in total. The fourth-order valence-corrected chi connectivity index (χ4v) is 3.83. The van der Waals surface area contributed by atoms with Crippen LogP contribution in [0.2, 0.25) is 5.02 Å². The van der Waals surface area contributed by atoms with Gasteiger partial charge in [0.25, 0.3) is 0 Å². The summed E-state index contributed by atoms with van der Waals surface area (Å²) in [6.07, 6.45) is 4.17. The van der Waals surface area contributed by atoms with Crippen molar-refractivity contribution in [2.75, 3.05) is 24.5 Å². The van der Waals surface area contributed by atoms with Gasteiger partial charge in [-0.25, -0.2) is 0 Å². The van der Waals surface area contributed by atoms with E-state index in [0.717, 1.165) is 43.0 Å². The number of H-pyrrole nitrogens is 1. The van der Waals surface area contributed by atoms with Crippen LogP contribution in [0.3, 0.4) is 0 Å². The lowest BCUT2D eigenvalue weighted by Crippen LogP contribution is -2.56. The highest BCUT2D eigenvalue weighted by Crippen LogP contribution is 2.46. The molecular formula is C16H18ClN3O. The van der Waals surface area contributed by atoms with Crippen molar-refractivity contribution >= 4 is 34.1 Å². The summed E-state index contributed by atoms with van der Waals surface area (Å²) in [6, 6.07) is 6.09. The smallest absolute Gasteiger partial charge is 0.220 e. The van der Waals surface area contributed by atoms with E-state index in [4.69, 9.17) is 11.6 Å². The van der Waals surface area contributed by atoms with Gasteiger partial charge in [-0.05, 0) is 31.0 Å². The molecule has 1 aliphatic heterocycles. The van der Waals surface area contributed by atoms with Crippen molar-refractivity contribution in [3.05, 3.63) is 29.4 Å². The lowest BCUT2D eigenvalue weighted by Gasteiger charge is -2.43. The monoisotopic (exact) mass is 303 g/mol. The van der Waals surface area contributed by atoms with Crippen LogP contribution in [0, 0.1) is 0 Å². The fourth-order valence-electron chi connectivity index (χ4n) is 3.62. The molecule has 21 heavy (non-hydrogen) atoms. The Morgan fingerprint density at radius 2 is 2.14 bits per heavy atom. The highest BCUT2D eigenvalue weighted by Gasteiger charge is 2.52. The number of amides is 1. The van der Waals surface area contributed by atoms with Gasteiger partial charge < -0.3 is 14.8 Å². The molecule has 0 radical (unpaired) electrons. The molecule has 2 aromatic rings. The summed E-state index contributed by atoms with van der Waals surface area (Å²) in [4.78, 5) is 19.5. The molecule has 2 heterocycles. The van der Waals surface area contributed by atoms with Crippen LogP contribution < -0.4 is 4.90 Å². The lowest BCUT2D eigenvalue weighted by atomic mass is 10.1. The number of benzene rings is 1. The normalized spacial score (nSPS) is 20.3. The maximum atomic E-state index is 11.8. The summed E-state index contributed by atoms with van der Waals surface area (Å²) in [5, 5.41) is 1.95. The molecule has 1 amide bonds. The average molecular weight is 304 g/mol. The standard InChI is InChI=1S/C16H18ClN3O/c1-11(21)20-7-6-19(10-16(20)3-4-16)15-9-12(17)8-14-13(15)2-5-18-14/h2,5,8-9,18H,3-4,6-7,10H2,1H3. The Bertz CT molecular complexity index is 719. The van der Waals surface area contributed by atoms with Crippen LogP contribution in [0.1, 0.15) is 19.8 Å². The van der Waals surface area contributed by atoms with Crippen LogP contribution in [0.15, 0.2) is 24.4 Å². The molecule has 1 spiro atoms. The molecule has 4 rings (SSSR count). The predicted octanol–water partition coefficient (Wildman–Crippen LogP) is 3.02. The van der Waals surface area contributed by atoms with Gasteiger partial charge in [-0.2, -0.15) is 0 Å². The Morgan fingerprint density at radius 3 is 2.86 bits per heavy atom. The van der Waals surface area contributed by atoms with Crippen LogP contribution in [0.4, 0.5) is 5.69 Å². The topological polar surface area (TPSA) is 39.3 Å². The molecule has 0 unspecified atom stereocenters. The largest absolute Gasteiger partial charge is 0.367 e. The first-order valence-corrected chi connectivity index (χ1v) is 7.77. The molecule has 1 aromatic heterocycles. The number of anilines is 1. The molecule has 2 fully saturated rings. The molecule has 1 aliphatic carbocycles. The predicted molar refractivity (Wildman–Crippen MR) is 84.9 cm³/mol. The minimum absolute atomic E-state index is 0.0645. The third-order valence-electron chi connectivity index (χ3n) is 4.81. The second-order valence-corrected chi connectivity index (χ2v) is 6.62. The van der Waals surface area contributed by atoms with E-state index in [-0.39, 0.29) is 11.4 Å². The third-order valence-corrected chi connectivity index (χ3v) is 5.03. The number of hydrogen-bond donors (Lipinski definition) is 1. The van der Waals surface area contributed by atoms with E-state index in [9.17, 15) is 4.79 Å². The van der Waals surface area contributed by atoms with Crippen molar-refractivity contribution in [1.29, 1.82) is 0 Å².